The minimum absolute atomic E-state index is 0.0249. The number of hydrogen-bond donors (Lipinski definition) is 1. The molecular weight excluding hydrogens is 416 g/mol. The first-order chi connectivity index (χ1) is 16.3. The molecule has 0 aliphatic rings. The Balaban J connectivity index is 1.09. The summed E-state index contributed by atoms with van der Waals surface area (Å²) in [6, 6.07) is 21.5. The number of nitrogens with one attached hydrogen (secondary N) is 1. The van der Waals surface area contributed by atoms with Gasteiger partial charge in [-0.25, -0.2) is 9.97 Å². The molecule has 1 amide bonds. The van der Waals surface area contributed by atoms with Crippen molar-refractivity contribution >= 4 is 16.9 Å². The summed E-state index contributed by atoms with van der Waals surface area (Å²) in [6.45, 7) is 0.957. The number of carbonyl (C=O) groups is 1. The second kappa shape index (κ2) is 9.39. The van der Waals surface area contributed by atoms with E-state index in [-0.39, 0.29) is 5.91 Å². The normalized spacial score (nSPS) is 11.0. The van der Waals surface area contributed by atoms with Crippen LogP contribution in [0, 0.1) is 0 Å². The molecule has 164 valence electrons. The van der Waals surface area contributed by atoms with Gasteiger partial charge < -0.3 is 5.32 Å². The van der Waals surface area contributed by atoms with Crippen molar-refractivity contribution in [1.29, 1.82) is 0 Å². The van der Waals surface area contributed by atoms with Crippen molar-refractivity contribution in [2.75, 3.05) is 0 Å². The maximum Gasteiger partial charge on any atom is 0.220 e. The number of amides is 1. The lowest BCUT2D eigenvalue weighted by Crippen LogP contribution is -2.23. The van der Waals surface area contributed by atoms with E-state index in [1.807, 2.05) is 71.3 Å². The zero-order valence-corrected chi connectivity index (χ0v) is 17.9. The highest BCUT2D eigenvalue weighted by Gasteiger charge is 2.08. The Labute approximate surface area is 190 Å². The maximum absolute atomic E-state index is 12.2. The number of para-hydroxylation sites is 2. The molecule has 0 fully saturated rings. The highest BCUT2D eigenvalue weighted by atomic mass is 16.1. The van der Waals surface area contributed by atoms with Crippen molar-refractivity contribution in [3.63, 3.8) is 0 Å². The van der Waals surface area contributed by atoms with Crippen molar-refractivity contribution in [2.24, 2.45) is 0 Å². The summed E-state index contributed by atoms with van der Waals surface area (Å²) in [5.74, 6) is 1.34. The molecule has 9 nitrogen and oxygen atoms in total. The summed E-state index contributed by atoms with van der Waals surface area (Å²) < 4.78 is 1.94. The number of imidazole rings is 1. The monoisotopic (exact) mass is 438 g/mol. The van der Waals surface area contributed by atoms with Gasteiger partial charge in [0.1, 0.15) is 12.1 Å². The highest BCUT2D eigenvalue weighted by molar-refractivity contribution is 5.77. The third kappa shape index (κ3) is 4.77. The smallest absolute Gasteiger partial charge is 0.220 e. The van der Waals surface area contributed by atoms with E-state index in [0.29, 0.717) is 31.8 Å². The molecule has 0 spiro atoms. The van der Waals surface area contributed by atoms with Crippen LogP contribution in [0.2, 0.25) is 0 Å². The maximum atomic E-state index is 12.2. The number of aromatic nitrogens is 7. The molecule has 0 bridgehead atoms. The average molecular weight is 438 g/mol. The molecule has 5 rings (SSSR count). The van der Waals surface area contributed by atoms with Gasteiger partial charge in [0.15, 0.2) is 0 Å². The summed E-state index contributed by atoms with van der Waals surface area (Å²) in [5.41, 5.74) is 3.78. The standard InChI is InChI=1S/C24H22N8O/c33-23(11-6-14-32-29-24(28-30-32)19-7-2-1-3-8-19)26-16-18-12-13-22(25-15-18)31-17-27-20-9-4-5-10-21(20)31/h1-5,7-10,12-13,15,17H,6,11,14,16H2,(H,26,33). The number of benzene rings is 2. The van der Waals surface area contributed by atoms with Crippen molar-refractivity contribution in [2.45, 2.75) is 25.9 Å². The number of nitrogens with zero attached hydrogens (tertiary/aromatic N) is 7. The van der Waals surface area contributed by atoms with Crippen LogP contribution in [0.15, 0.2) is 79.3 Å². The first-order valence-electron chi connectivity index (χ1n) is 10.7. The zero-order valence-electron chi connectivity index (χ0n) is 17.9. The van der Waals surface area contributed by atoms with Crippen molar-refractivity contribution < 1.29 is 4.79 Å². The van der Waals surface area contributed by atoms with Gasteiger partial charge in [-0.3, -0.25) is 9.36 Å². The van der Waals surface area contributed by atoms with Crippen LogP contribution in [0.3, 0.4) is 0 Å². The SMILES string of the molecule is O=C(CCCn1nnc(-c2ccccc2)n1)NCc1ccc(-n2cnc3ccccc32)nc1. The van der Waals surface area contributed by atoms with Crippen LogP contribution in [0.5, 0.6) is 0 Å². The van der Waals surface area contributed by atoms with Gasteiger partial charge in [-0.1, -0.05) is 48.5 Å². The van der Waals surface area contributed by atoms with Crippen LogP contribution in [0.1, 0.15) is 18.4 Å². The number of carbonyl (C=O) groups excluding carboxylic acids is 1. The van der Waals surface area contributed by atoms with Crippen LogP contribution in [0.4, 0.5) is 0 Å². The molecule has 9 heteroatoms. The van der Waals surface area contributed by atoms with Crippen LogP contribution < -0.4 is 5.32 Å². The third-order valence-electron chi connectivity index (χ3n) is 5.25. The first kappa shape index (κ1) is 20.5. The predicted octanol–water partition coefficient (Wildman–Crippen LogP) is 3.17. The van der Waals surface area contributed by atoms with Gasteiger partial charge in [-0.15, -0.1) is 10.2 Å². The number of tetrazole rings is 1. The molecule has 0 atom stereocenters. The lowest BCUT2D eigenvalue weighted by atomic mass is 10.2. The summed E-state index contributed by atoms with van der Waals surface area (Å²) >= 11 is 0. The number of aryl methyl sites for hydroxylation is 1. The lowest BCUT2D eigenvalue weighted by Gasteiger charge is -2.07. The molecule has 0 unspecified atom stereocenters. The van der Waals surface area contributed by atoms with Gasteiger partial charge in [0, 0.05) is 24.7 Å². The number of pyridine rings is 1. The Morgan fingerprint density at radius 3 is 2.64 bits per heavy atom. The van der Waals surface area contributed by atoms with E-state index in [4.69, 9.17) is 0 Å². The molecule has 2 aromatic carbocycles. The predicted molar refractivity (Wildman–Crippen MR) is 123 cm³/mol. The van der Waals surface area contributed by atoms with Gasteiger partial charge in [-0.05, 0) is 35.4 Å². The molecule has 0 radical (unpaired) electrons. The second-order valence-electron chi connectivity index (χ2n) is 7.58. The molecule has 0 saturated heterocycles. The van der Waals surface area contributed by atoms with Crippen LogP contribution in [-0.2, 0) is 17.9 Å². The van der Waals surface area contributed by atoms with Crippen LogP contribution in [-0.4, -0.2) is 40.6 Å². The van der Waals surface area contributed by atoms with Crippen molar-refractivity contribution in [1.82, 2.24) is 40.1 Å². The Morgan fingerprint density at radius 1 is 0.939 bits per heavy atom. The topological polar surface area (TPSA) is 103 Å². The summed E-state index contributed by atoms with van der Waals surface area (Å²) in [6.07, 6.45) is 4.55. The van der Waals surface area contributed by atoms with E-state index in [0.717, 1.165) is 28.0 Å². The van der Waals surface area contributed by atoms with Crippen LogP contribution >= 0.6 is 0 Å². The van der Waals surface area contributed by atoms with E-state index in [2.05, 4.69) is 30.7 Å². The van der Waals surface area contributed by atoms with Gasteiger partial charge in [0.25, 0.3) is 0 Å². The average Bonchev–Trinajstić information content (AvgIpc) is 3.51. The molecule has 0 aliphatic heterocycles. The van der Waals surface area contributed by atoms with Crippen LogP contribution in [0.25, 0.3) is 28.2 Å². The second-order valence-corrected chi connectivity index (χ2v) is 7.58. The Morgan fingerprint density at radius 2 is 1.79 bits per heavy atom. The number of rotatable bonds is 8. The van der Waals surface area contributed by atoms with Crippen molar-refractivity contribution in [3.05, 3.63) is 84.8 Å². The van der Waals surface area contributed by atoms with Gasteiger partial charge in [0.2, 0.25) is 11.7 Å². The minimum atomic E-state index is -0.0249. The highest BCUT2D eigenvalue weighted by Crippen LogP contribution is 2.16. The molecular formula is C24H22N8O. The molecule has 0 saturated carbocycles. The quantitative estimate of drug-likeness (QED) is 0.399. The third-order valence-corrected chi connectivity index (χ3v) is 5.25. The van der Waals surface area contributed by atoms with Gasteiger partial charge >= 0.3 is 0 Å². The summed E-state index contributed by atoms with van der Waals surface area (Å²) in [7, 11) is 0. The molecule has 3 aromatic heterocycles. The van der Waals surface area contributed by atoms with Gasteiger partial charge in [0.05, 0.1) is 17.6 Å². The van der Waals surface area contributed by atoms with E-state index < -0.39 is 0 Å². The fourth-order valence-corrected chi connectivity index (χ4v) is 3.52. The molecule has 33 heavy (non-hydrogen) atoms. The Hall–Kier alpha value is -4.40. The first-order valence-corrected chi connectivity index (χ1v) is 10.7. The zero-order chi connectivity index (χ0) is 22.5. The molecule has 1 N–H and O–H groups in total. The summed E-state index contributed by atoms with van der Waals surface area (Å²) in [5, 5.41) is 15.4. The summed E-state index contributed by atoms with van der Waals surface area (Å²) in [4.78, 5) is 22.7. The Bertz CT molecular complexity index is 1360. The van der Waals surface area contributed by atoms with Crippen molar-refractivity contribution in [3.8, 4) is 17.2 Å². The number of hydrogen-bond acceptors (Lipinski definition) is 6. The lowest BCUT2D eigenvalue weighted by molar-refractivity contribution is -0.121. The largest absolute Gasteiger partial charge is 0.352 e. The number of fused-ring (bicyclic) bond motifs is 1. The van der Waals surface area contributed by atoms with E-state index >= 15 is 0 Å². The molecule has 0 aliphatic carbocycles. The fraction of sp³-hybridized carbons (Fsp3) is 0.167. The van der Waals surface area contributed by atoms with E-state index in [1.54, 1.807) is 12.5 Å². The minimum Gasteiger partial charge on any atom is -0.352 e. The molecule has 3 heterocycles. The van der Waals surface area contributed by atoms with E-state index in [9.17, 15) is 4.79 Å². The fourth-order valence-electron chi connectivity index (χ4n) is 3.52. The Kier molecular flexibility index (Phi) is 5.83. The molecule has 5 aromatic rings. The van der Waals surface area contributed by atoms with E-state index in [1.165, 1.54) is 4.80 Å². The van der Waals surface area contributed by atoms with Gasteiger partial charge in [-0.2, -0.15) is 4.80 Å².